The van der Waals surface area contributed by atoms with Crippen molar-refractivity contribution in [3.8, 4) is 0 Å². The summed E-state index contributed by atoms with van der Waals surface area (Å²) < 4.78 is 32.6. The topological polar surface area (TPSA) is 149 Å². The van der Waals surface area contributed by atoms with Crippen molar-refractivity contribution >= 4 is 19.8 Å². The molecular weight excluding hydrogens is 695 g/mol. The second-order valence-corrected chi connectivity index (χ2v) is 15.8. The van der Waals surface area contributed by atoms with Gasteiger partial charge in [0.05, 0.1) is 19.8 Å². The summed E-state index contributed by atoms with van der Waals surface area (Å²) in [6.45, 7) is 2.35. The van der Waals surface area contributed by atoms with Crippen LogP contribution in [0.3, 0.4) is 0 Å². The minimum Gasteiger partial charge on any atom is -0.462 e. The molecule has 0 radical (unpaired) electrons. The van der Waals surface area contributed by atoms with E-state index in [-0.39, 0.29) is 19.4 Å². The highest BCUT2D eigenvalue weighted by molar-refractivity contribution is 7.47. The van der Waals surface area contributed by atoms with Crippen LogP contribution in [0, 0.1) is 0 Å². The number of phosphoric ester groups is 1. The molecular formula is C42H79O10P. The van der Waals surface area contributed by atoms with Gasteiger partial charge in [0.2, 0.25) is 0 Å². The van der Waals surface area contributed by atoms with Crippen LogP contribution in [0.1, 0.15) is 194 Å². The highest BCUT2D eigenvalue weighted by Gasteiger charge is 2.27. The van der Waals surface area contributed by atoms with Gasteiger partial charge in [0, 0.05) is 12.8 Å². The standard InChI is InChI=1S/C42H79O10P/c1-3-5-7-9-11-13-15-17-19-21-23-25-27-29-31-33-41(45)49-37-40(38-51-53(47,48)50-36-39(44)35-43)52-42(46)34-32-30-28-26-24-22-20-18-16-14-12-10-8-6-4-2/h18,20,24,26,39-40,43-44H,3-17,19,21-23,25,27-38H2,1-2H3,(H,47,48)/b20-18+,26-24+/t39-,40+/m0/s1. The first-order valence-electron chi connectivity index (χ1n) is 21.3. The number of aliphatic hydroxyl groups excluding tert-OH is 2. The minimum absolute atomic E-state index is 0.144. The summed E-state index contributed by atoms with van der Waals surface area (Å²) in [7, 11) is -4.62. The lowest BCUT2D eigenvalue weighted by atomic mass is 10.0. The largest absolute Gasteiger partial charge is 0.472 e. The van der Waals surface area contributed by atoms with E-state index in [1.54, 1.807) is 0 Å². The van der Waals surface area contributed by atoms with E-state index < -0.39 is 51.8 Å². The third kappa shape index (κ3) is 38.5. The van der Waals surface area contributed by atoms with Crippen molar-refractivity contribution < 1.29 is 47.8 Å². The van der Waals surface area contributed by atoms with Crippen molar-refractivity contribution in [3.05, 3.63) is 24.3 Å². The molecule has 53 heavy (non-hydrogen) atoms. The zero-order chi connectivity index (χ0) is 39.1. The summed E-state index contributed by atoms with van der Waals surface area (Å²) >= 11 is 0. The van der Waals surface area contributed by atoms with Crippen LogP contribution in [0.5, 0.6) is 0 Å². The highest BCUT2D eigenvalue weighted by Crippen LogP contribution is 2.43. The normalized spacial score (nSPS) is 14.1. The zero-order valence-corrected chi connectivity index (χ0v) is 34.6. The number of rotatable bonds is 40. The average molecular weight is 775 g/mol. The van der Waals surface area contributed by atoms with Gasteiger partial charge >= 0.3 is 19.8 Å². The van der Waals surface area contributed by atoms with Gasteiger partial charge < -0.3 is 24.6 Å². The first-order valence-corrected chi connectivity index (χ1v) is 22.8. The fourth-order valence-corrected chi connectivity index (χ4v) is 6.58. The smallest absolute Gasteiger partial charge is 0.462 e. The molecule has 312 valence electrons. The second kappa shape index (κ2) is 38.7. The molecule has 11 heteroatoms. The van der Waals surface area contributed by atoms with E-state index in [4.69, 9.17) is 19.1 Å². The first kappa shape index (κ1) is 51.5. The van der Waals surface area contributed by atoms with E-state index in [0.717, 1.165) is 44.9 Å². The van der Waals surface area contributed by atoms with Gasteiger partial charge in [-0.3, -0.25) is 18.6 Å². The van der Waals surface area contributed by atoms with Crippen LogP contribution in [0.25, 0.3) is 0 Å². The Labute approximate surface area is 323 Å². The van der Waals surface area contributed by atoms with Crippen LogP contribution in [-0.2, 0) is 32.7 Å². The van der Waals surface area contributed by atoms with Crippen molar-refractivity contribution in [2.45, 2.75) is 206 Å². The van der Waals surface area contributed by atoms with Crippen molar-refractivity contribution in [1.29, 1.82) is 0 Å². The molecule has 0 fully saturated rings. The van der Waals surface area contributed by atoms with Crippen LogP contribution in [-0.4, -0.2) is 65.7 Å². The van der Waals surface area contributed by atoms with Gasteiger partial charge in [-0.2, -0.15) is 0 Å². The number of hydrogen-bond acceptors (Lipinski definition) is 9. The van der Waals surface area contributed by atoms with E-state index in [1.165, 1.54) is 109 Å². The molecule has 0 aromatic rings. The molecule has 0 saturated carbocycles. The number of phosphoric acid groups is 1. The molecule has 3 N–H and O–H groups in total. The molecule has 0 bridgehead atoms. The van der Waals surface area contributed by atoms with E-state index >= 15 is 0 Å². The third-order valence-corrected chi connectivity index (χ3v) is 10.1. The van der Waals surface area contributed by atoms with Crippen molar-refractivity contribution in [1.82, 2.24) is 0 Å². The van der Waals surface area contributed by atoms with E-state index in [1.807, 2.05) is 0 Å². The maximum Gasteiger partial charge on any atom is 0.472 e. The molecule has 0 aliphatic carbocycles. The Bertz CT molecular complexity index is 941. The lowest BCUT2D eigenvalue weighted by Gasteiger charge is -2.20. The molecule has 0 amide bonds. The van der Waals surface area contributed by atoms with Crippen molar-refractivity contribution in [2.24, 2.45) is 0 Å². The number of ether oxygens (including phenoxy) is 2. The van der Waals surface area contributed by atoms with Gasteiger partial charge in [-0.05, 0) is 44.9 Å². The van der Waals surface area contributed by atoms with Gasteiger partial charge in [0.1, 0.15) is 12.7 Å². The Morgan fingerprint density at radius 1 is 0.566 bits per heavy atom. The van der Waals surface area contributed by atoms with Gasteiger partial charge in [-0.1, -0.05) is 160 Å². The lowest BCUT2D eigenvalue weighted by Crippen LogP contribution is -2.29. The molecule has 0 heterocycles. The van der Waals surface area contributed by atoms with E-state index in [0.29, 0.717) is 12.8 Å². The lowest BCUT2D eigenvalue weighted by molar-refractivity contribution is -0.161. The Kier molecular flexibility index (Phi) is 37.6. The Balaban J connectivity index is 4.34. The maximum absolute atomic E-state index is 12.6. The molecule has 0 spiro atoms. The second-order valence-electron chi connectivity index (χ2n) is 14.4. The predicted octanol–water partition coefficient (Wildman–Crippen LogP) is 11.0. The number of carbonyl (C=O) groups excluding carboxylic acids is 2. The van der Waals surface area contributed by atoms with Crippen LogP contribution >= 0.6 is 7.82 Å². The van der Waals surface area contributed by atoms with Crippen LogP contribution < -0.4 is 0 Å². The zero-order valence-electron chi connectivity index (χ0n) is 33.7. The third-order valence-electron chi connectivity index (χ3n) is 9.11. The number of unbranched alkanes of at least 4 members (excludes halogenated alkanes) is 22. The Morgan fingerprint density at radius 3 is 1.49 bits per heavy atom. The quantitative estimate of drug-likeness (QED) is 0.0238. The molecule has 0 aromatic heterocycles. The fraction of sp³-hybridized carbons (Fsp3) is 0.857. The number of esters is 2. The van der Waals surface area contributed by atoms with Gasteiger partial charge in [-0.25, -0.2) is 4.57 Å². The molecule has 0 aliphatic heterocycles. The van der Waals surface area contributed by atoms with Crippen molar-refractivity contribution in [2.75, 3.05) is 26.4 Å². The van der Waals surface area contributed by atoms with Crippen molar-refractivity contribution in [3.63, 3.8) is 0 Å². The molecule has 0 aliphatic rings. The van der Waals surface area contributed by atoms with Crippen LogP contribution in [0.2, 0.25) is 0 Å². The summed E-state index contributed by atoms with van der Waals surface area (Å²) in [6.07, 6.45) is 37.2. The summed E-state index contributed by atoms with van der Waals surface area (Å²) in [5.41, 5.74) is 0. The van der Waals surface area contributed by atoms with Gasteiger partial charge in [0.25, 0.3) is 0 Å². The SMILES string of the molecule is CCCCCCCC/C=C/C/C=C/CCCCC(=O)O[C@H](COC(=O)CCCCCCCCCCCCCCCCC)COP(=O)(O)OC[C@@H](O)CO. The van der Waals surface area contributed by atoms with E-state index in [9.17, 15) is 24.2 Å². The fourth-order valence-electron chi connectivity index (χ4n) is 5.79. The number of hydrogen-bond donors (Lipinski definition) is 3. The predicted molar refractivity (Wildman–Crippen MR) is 215 cm³/mol. The Hall–Kier alpha value is -1.55. The molecule has 1 unspecified atom stereocenters. The number of carbonyl (C=O) groups is 2. The average Bonchev–Trinajstić information content (AvgIpc) is 3.14. The summed E-state index contributed by atoms with van der Waals surface area (Å²) in [5, 5.41) is 18.3. The molecule has 10 nitrogen and oxygen atoms in total. The van der Waals surface area contributed by atoms with Gasteiger partial charge in [0.15, 0.2) is 6.10 Å². The first-order chi connectivity index (χ1) is 25.7. The summed E-state index contributed by atoms with van der Waals surface area (Å²) in [5.74, 6) is -0.956. The maximum atomic E-state index is 12.6. The van der Waals surface area contributed by atoms with E-state index in [2.05, 4.69) is 42.7 Å². The van der Waals surface area contributed by atoms with Gasteiger partial charge in [-0.15, -0.1) is 0 Å². The molecule has 0 rings (SSSR count). The molecule has 0 saturated heterocycles. The number of allylic oxidation sites excluding steroid dienone is 4. The minimum atomic E-state index is -4.62. The van der Waals surface area contributed by atoms with Crippen LogP contribution in [0.4, 0.5) is 0 Å². The molecule has 3 atom stereocenters. The molecule has 0 aromatic carbocycles. The summed E-state index contributed by atoms with van der Waals surface area (Å²) in [4.78, 5) is 34.9. The highest BCUT2D eigenvalue weighted by atomic mass is 31.2. The monoisotopic (exact) mass is 775 g/mol. The van der Waals surface area contributed by atoms with Crippen LogP contribution in [0.15, 0.2) is 24.3 Å². The summed E-state index contributed by atoms with van der Waals surface area (Å²) in [6, 6.07) is 0. The Morgan fingerprint density at radius 2 is 0.981 bits per heavy atom. The number of aliphatic hydroxyl groups is 2.